The Kier molecular flexibility index (Phi) is 7.56. The minimum atomic E-state index is -0.729. The minimum Gasteiger partial charge on any atom is -0.497 e. The molecule has 0 aliphatic rings. The van der Waals surface area contributed by atoms with Crippen LogP contribution in [0.2, 0.25) is 0 Å². The van der Waals surface area contributed by atoms with Crippen LogP contribution in [0.15, 0.2) is 24.3 Å². The van der Waals surface area contributed by atoms with Crippen LogP contribution < -0.4 is 14.8 Å². The van der Waals surface area contributed by atoms with Crippen molar-refractivity contribution in [1.29, 1.82) is 0 Å². The summed E-state index contributed by atoms with van der Waals surface area (Å²) >= 11 is 0. The van der Waals surface area contributed by atoms with E-state index >= 15 is 0 Å². The number of methoxy groups -OCH3 is 1. The Morgan fingerprint density at radius 3 is 2.76 bits per heavy atom. The Labute approximate surface area is 125 Å². The number of benzene rings is 1. The van der Waals surface area contributed by atoms with Crippen molar-refractivity contribution in [2.24, 2.45) is 0 Å². The van der Waals surface area contributed by atoms with Gasteiger partial charge in [0.25, 0.3) is 0 Å². The molecule has 118 valence electrons. The second kappa shape index (κ2) is 9.20. The zero-order chi connectivity index (χ0) is 15.7. The predicted molar refractivity (Wildman–Crippen MR) is 78.6 cm³/mol. The molecule has 1 rings (SSSR count). The minimum absolute atomic E-state index is 0.121. The average Bonchev–Trinajstić information content (AvgIpc) is 2.50. The molecule has 6 nitrogen and oxygen atoms in total. The van der Waals surface area contributed by atoms with E-state index in [1.807, 2.05) is 12.1 Å². The number of rotatable bonds is 9. The second-order valence-electron chi connectivity index (χ2n) is 4.53. The molecule has 0 fully saturated rings. The Bertz CT molecular complexity index is 438. The molecule has 6 heteroatoms. The molecule has 1 aromatic rings. The van der Waals surface area contributed by atoms with Gasteiger partial charge >= 0.3 is 5.97 Å². The number of aliphatic hydroxyl groups excluding tert-OH is 1. The van der Waals surface area contributed by atoms with E-state index in [1.54, 1.807) is 33.1 Å². The number of ether oxygens (including phenoxy) is 3. The van der Waals surface area contributed by atoms with Gasteiger partial charge in [0.1, 0.15) is 30.3 Å². The summed E-state index contributed by atoms with van der Waals surface area (Å²) in [6, 6.07) is 6.68. The van der Waals surface area contributed by atoms with Crippen molar-refractivity contribution >= 4 is 5.97 Å². The van der Waals surface area contributed by atoms with Crippen LogP contribution in [-0.2, 0) is 9.53 Å². The SMILES string of the molecule is CCOC(=O)C(C)NCC(O)COc1cccc(OC)c1. The van der Waals surface area contributed by atoms with Gasteiger partial charge in [-0.3, -0.25) is 4.79 Å². The standard InChI is InChI=1S/C15H23NO5/c1-4-20-15(18)11(2)16-9-12(17)10-21-14-7-5-6-13(8-14)19-3/h5-8,11-12,16-17H,4,9-10H2,1-3H3. The molecule has 1 aromatic carbocycles. The van der Waals surface area contributed by atoms with Gasteiger partial charge < -0.3 is 24.6 Å². The van der Waals surface area contributed by atoms with Gasteiger partial charge in [-0.15, -0.1) is 0 Å². The molecule has 0 spiro atoms. The molecule has 2 unspecified atom stereocenters. The Balaban J connectivity index is 2.30. The van der Waals surface area contributed by atoms with Crippen LogP contribution >= 0.6 is 0 Å². The highest BCUT2D eigenvalue weighted by atomic mass is 16.5. The van der Waals surface area contributed by atoms with Crippen molar-refractivity contribution < 1.29 is 24.1 Å². The molecule has 2 atom stereocenters. The van der Waals surface area contributed by atoms with Crippen molar-refractivity contribution in [3.63, 3.8) is 0 Å². The Hall–Kier alpha value is -1.79. The molecule has 0 heterocycles. The number of nitrogens with one attached hydrogen (secondary N) is 1. The van der Waals surface area contributed by atoms with E-state index < -0.39 is 12.1 Å². The maximum Gasteiger partial charge on any atom is 0.322 e. The summed E-state index contributed by atoms with van der Waals surface area (Å²) < 4.78 is 15.4. The van der Waals surface area contributed by atoms with Gasteiger partial charge in [0.15, 0.2) is 0 Å². The van der Waals surface area contributed by atoms with E-state index in [0.29, 0.717) is 18.1 Å². The van der Waals surface area contributed by atoms with Gasteiger partial charge in [-0.25, -0.2) is 0 Å². The molecule has 0 aliphatic carbocycles. The third kappa shape index (κ3) is 6.46. The maximum absolute atomic E-state index is 11.4. The van der Waals surface area contributed by atoms with E-state index in [4.69, 9.17) is 14.2 Å². The lowest BCUT2D eigenvalue weighted by atomic mass is 10.3. The highest BCUT2D eigenvalue weighted by Crippen LogP contribution is 2.18. The summed E-state index contributed by atoms with van der Waals surface area (Å²) in [7, 11) is 1.58. The predicted octanol–water partition coefficient (Wildman–Crippen LogP) is 0.976. The van der Waals surface area contributed by atoms with Crippen LogP contribution in [0.5, 0.6) is 11.5 Å². The molecular formula is C15H23NO5. The fourth-order valence-corrected chi connectivity index (χ4v) is 1.61. The van der Waals surface area contributed by atoms with Gasteiger partial charge in [0, 0.05) is 12.6 Å². The van der Waals surface area contributed by atoms with Crippen molar-refractivity contribution in [3.05, 3.63) is 24.3 Å². The zero-order valence-electron chi connectivity index (χ0n) is 12.7. The lowest BCUT2D eigenvalue weighted by Crippen LogP contribution is -2.41. The molecule has 0 aliphatic heterocycles. The van der Waals surface area contributed by atoms with Gasteiger partial charge in [-0.1, -0.05) is 6.07 Å². The molecule has 0 saturated carbocycles. The van der Waals surface area contributed by atoms with Crippen molar-refractivity contribution in [1.82, 2.24) is 5.32 Å². The van der Waals surface area contributed by atoms with Crippen LogP contribution in [0.25, 0.3) is 0 Å². The number of carbonyl (C=O) groups excluding carboxylic acids is 1. The molecule has 0 bridgehead atoms. The van der Waals surface area contributed by atoms with Gasteiger partial charge in [-0.2, -0.15) is 0 Å². The second-order valence-corrected chi connectivity index (χ2v) is 4.53. The summed E-state index contributed by atoms with van der Waals surface area (Å²) in [4.78, 5) is 11.4. The number of hydrogen-bond donors (Lipinski definition) is 2. The summed E-state index contributed by atoms with van der Waals surface area (Å²) in [5.74, 6) is 0.973. The third-order valence-corrected chi connectivity index (χ3v) is 2.78. The summed E-state index contributed by atoms with van der Waals surface area (Å²) in [5.41, 5.74) is 0. The monoisotopic (exact) mass is 297 g/mol. The van der Waals surface area contributed by atoms with E-state index in [9.17, 15) is 9.90 Å². The molecule has 0 radical (unpaired) electrons. The lowest BCUT2D eigenvalue weighted by molar-refractivity contribution is -0.145. The van der Waals surface area contributed by atoms with E-state index in [0.717, 1.165) is 0 Å². The molecule has 2 N–H and O–H groups in total. The average molecular weight is 297 g/mol. The number of aliphatic hydroxyl groups is 1. The third-order valence-electron chi connectivity index (χ3n) is 2.78. The number of carbonyl (C=O) groups is 1. The smallest absolute Gasteiger partial charge is 0.322 e. The van der Waals surface area contributed by atoms with Crippen LogP contribution in [0.1, 0.15) is 13.8 Å². The highest BCUT2D eigenvalue weighted by molar-refractivity contribution is 5.75. The topological polar surface area (TPSA) is 77.0 Å². The Morgan fingerprint density at radius 2 is 2.10 bits per heavy atom. The van der Waals surface area contributed by atoms with Gasteiger partial charge in [0.2, 0.25) is 0 Å². The fraction of sp³-hybridized carbons (Fsp3) is 0.533. The lowest BCUT2D eigenvalue weighted by Gasteiger charge is -2.16. The largest absolute Gasteiger partial charge is 0.497 e. The van der Waals surface area contributed by atoms with Crippen LogP contribution in [0, 0.1) is 0 Å². The summed E-state index contributed by atoms with van der Waals surface area (Å²) in [5, 5.41) is 12.7. The first-order chi connectivity index (χ1) is 10.1. The quantitative estimate of drug-likeness (QED) is 0.662. The summed E-state index contributed by atoms with van der Waals surface area (Å²) in [6.45, 7) is 4.14. The molecular weight excluding hydrogens is 274 g/mol. The van der Waals surface area contributed by atoms with Crippen molar-refractivity contribution in [3.8, 4) is 11.5 Å². The first-order valence-electron chi connectivity index (χ1n) is 6.91. The normalized spacial score (nSPS) is 13.3. The van der Waals surface area contributed by atoms with E-state index in [2.05, 4.69) is 5.32 Å². The van der Waals surface area contributed by atoms with Crippen molar-refractivity contribution in [2.45, 2.75) is 26.0 Å². The van der Waals surface area contributed by atoms with Crippen LogP contribution in [0.3, 0.4) is 0 Å². The number of hydrogen-bond acceptors (Lipinski definition) is 6. The fourth-order valence-electron chi connectivity index (χ4n) is 1.61. The van der Waals surface area contributed by atoms with Crippen LogP contribution in [0.4, 0.5) is 0 Å². The van der Waals surface area contributed by atoms with E-state index in [1.165, 1.54) is 0 Å². The number of esters is 1. The molecule has 0 amide bonds. The molecule has 0 saturated heterocycles. The van der Waals surface area contributed by atoms with Gasteiger partial charge in [0.05, 0.1) is 13.7 Å². The first-order valence-corrected chi connectivity index (χ1v) is 6.91. The van der Waals surface area contributed by atoms with E-state index in [-0.39, 0.29) is 19.1 Å². The molecule has 21 heavy (non-hydrogen) atoms. The van der Waals surface area contributed by atoms with Crippen LogP contribution in [-0.4, -0.2) is 50.1 Å². The maximum atomic E-state index is 11.4. The summed E-state index contributed by atoms with van der Waals surface area (Å²) in [6.07, 6.45) is -0.729. The molecule has 0 aromatic heterocycles. The van der Waals surface area contributed by atoms with Crippen molar-refractivity contribution in [2.75, 3.05) is 26.9 Å². The Morgan fingerprint density at radius 1 is 1.38 bits per heavy atom. The zero-order valence-corrected chi connectivity index (χ0v) is 12.7. The highest BCUT2D eigenvalue weighted by Gasteiger charge is 2.15. The first kappa shape index (κ1) is 17.3. The van der Waals surface area contributed by atoms with Gasteiger partial charge in [-0.05, 0) is 26.0 Å².